The van der Waals surface area contributed by atoms with Crippen molar-refractivity contribution < 1.29 is 22.7 Å². The molecule has 1 aliphatic heterocycles. The van der Waals surface area contributed by atoms with E-state index >= 15 is 0 Å². The molecule has 2 N–H and O–H groups in total. The third-order valence-electron chi connectivity index (χ3n) is 3.66. The average Bonchev–Trinajstić information content (AvgIpc) is 2.68. The Bertz CT molecular complexity index is 659. The van der Waals surface area contributed by atoms with Crippen LogP contribution in [-0.2, 0) is 14.8 Å². The lowest BCUT2D eigenvalue weighted by molar-refractivity contribution is -0.120. The number of rotatable bonds is 4. The van der Waals surface area contributed by atoms with Crippen LogP contribution in [0.15, 0.2) is 23.1 Å². The molecule has 122 valence electrons. The molecule has 0 aromatic heterocycles. The van der Waals surface area contributed by atoms with Gasteiger partial charge >= 0.3 is 0 Å². The summed E-state index contributed by atoms with van der Waals surface area (Å²) in [6.45, 7) is 0.0773. The summed E-state index contributed by atoms with van der Waals surface area (Å²) in [5.41, 5.74) is 5.70. The highest BCUT2D eigenvalue weighted by Gasteiger charge is 2.31. The molecule has 1 aromatic carbocycles. The number of nitrogens with zero attached hydrogens (tertiary/aromatic N) is 1. The molecule has 1 heterocycles. The number of carbonyl (C=O) groups is 1. The third-order valence-corrected chi connectivity index (χ3v) is 5.50. The lowest BCUT2D eigenvalue weighted by Crippen LogP contribution is -2.39. The minimum Gasteiger partial charge on any atom is -0.493 e. The summed E-state index contributed by atoms with van der Waals surface area (Å²) in [5.74, 6) is 0.499. The van der Waals surface area contributed by atoms with Crippen molar-refractivity contribution >= 4 is 15.8 Å². The zero-order chi connectivity index (χ0) is 16.3. The molecule has 1 saturated heterocycles. The van der Waals surface area contributed by atoms with E-state index < -0.39 is 16.1 Å². The Hall–Kier alpha value is -1.64. The minimum atomic E-state index is -3.78. The second-order valence-corrected chi connectivity index (χ2v) is 7.01. The fourth-order valence-corrected chi connectivity index (χ4v) is 3.81. The Morgan fingerprint density at radius 3 is 2.55 bits per heavy atom. The second kappa shape index (κ2) is 6.64. The number of hydrogen-bond donors (Lipinski definition) is 1. The molecular weight excluding hydrogens is 308 g/mol. The van der Waals surface area contributed by atoms with Crippen LogP contribution in [0, 0.1) is 0 Å². The van der Waals surface area contributed by atoms with Gasteiger partial charge < -0.3 is 15.2 Å². The van der Waals surface area contributed by atoms with Crippen molar-refractivity contribution in [2.75, 3.05) is 27.3 Å². The molecule has 0 aliphatic carbocycles. The first kappa shape index (κ1) is 16.7. The van der Waals surface area contributed by atoms with Crippen molar-refractivity contribution in [3.05, 3.63) is 18.2 Å². The van der Waals surface area contributed by atoms with Crippen molar-refractivity contribution in [1.29, 1.82) is 0 Å². The molecule has 0 saturated carbocycles. The van der Waals surface area contributed by atoms with Crippen LogP contribution in [0.2, 0.25) is 0 Å². The molecule has 8 heteroatoms. The molecule has 2 rings (SSSR count). The molecule has 0 bridgehead atoms. The van der Waals surface area contributed by atoms with Gasteiger partial charge in [-0.25, -0.2) is 8.42 Å². The molecule has 0 radical (unpaired) electrons. The molecule has 7 nitrogen and oxygen atoms in total. The van der Waals surface area contributed by atoms with E-state index in [0.717, 1.165) is 0 Å². The topological polar surface area (TPSA) is 98.9 Å². The Morgan fingerprint density at radius 2 is 1.91 bits per heavy atom. The standard InChI is InChI=1S/C14H20N2O5S/c1-20-13-6-5-10(8-14(13)21-2)22(18,19)16-7-3-4-11(15)12(17)9-16/h5-6,8,11H,3-4,7,9,15H2,1-2H3. The van der Waals surface area contributed by atoms with Gasteiger partial charge in [0.05, 0.1) is 31.7 Å². The van der Waals surface area contributed by atoms with Gasteiger partial charge in [-0.1, -0.05) is 0 Å². The number of ketones is 1. The van der Waals surface area contributed by atoms with Crippen LogP contribution in [-0.4, -0.2) is 51.9 Å². The highest BCUT2D eigenvalue weighted by Crippen LogP contribution is 2.31. The van der Waals surface area contributed by atoms with Gasteiger partial charge in [-0.3, -0.25) is 4.79 Å². The number of carbonyl (C=O) groups excluding carboxylic acids is 1. The summed E-state index contributed by atoms with van der Waals surface area (Å²) in [6, 6.07) is 3.76. The maximum Gasteiger partial charge on any atom is 0.243 e. The van der Waals surface area contributed by atoms with Gasteiger partial charge in [0.15, 0.2) is 17.3 Å². The zero-order valence-corrected chi connectivity index (χ0v) is 13.4. The third kappa shape index (κ3) is 3.23. The summed E-state index contributed by atoms with van der Waals surface area (Å²) in [6.07, 6.45) is 1.05. The fourth-order valence-electron chi connectivity index (χ4n) is 2.35. The molecule has 1 fully saturated rings. The average molecular weight is 328 g/mol. The van der Waals surface area contributed by atoms with Crippen LogP contribution < -0.4 is 15.2 Å². The molecule has 1 atom stereocenters. The molecule has 1 aromatic rings. The zero-order valence-electron chi connectivity index (χ0n) is 12.6. The highest BCUT2D eigenvalue weighted by molar-refractivity contribution is 7.89. The fraction of sp³-hybridized carbons (Fsp3) is 0.500. The molecular formula is C14H20N2O5S. The van der Waals surface area contributed by atoms with Crippen molar-refractivity contribution in [3.63, 3.8) is 0 Å². The van der Waals surface area contributed by atoms with Crippen LogP contribution in [0.5, 0.6) is 11.5 Å². The van der Waals surface area contributed by atoms with Crippen molar-refractivity contribution in [3.8, 4) is 11.5 Å². The number of benzene rings is 1. The van der Waals surface area contributed by atoms with Crippen molar-refractivity contribution in [1.82, 2.24) is 4.31 Å². The molecule has 1 aliphatic rings. The summed E-state index contributed by atoms with van der Waals surface area (Å²) in [5, 5.41) is 0. The molecule has 22 heavy (non-hydrogen) atoms. The maximum atomic E-state index is 12.7. The first-order valence-corrected chi connectivity index (χ1v) is 8.34. The van der Waals surface area contributed by atoms with Gasteiger partial charge in [0, 0.05) is 12.6 Å². The summed E-state index contributed by atoms with van der Waals surface area (Å²) < 4.78 is 36.8. The van der Waals surface area contributed by atoms with E-state index in [2.05, 4.69) is 0 Å². The predicted octanol–water partition coefficient (Wildman–Crippen LogP) is 0.385. The summed E-state index contributed by atoms with van der Waals surface area (Å²) in [7, 11) is -0.872. The minimum absolute atomic E-state index is 0.0634. The van der Waals surface area contributed by atoms with E-state index in [1.165, 1.54) is 36.7 Å². The van der Waals surface area contributed by atoms with Gasteiger partial charge in [-0.15, -0.1) is 0 Å². The van der Waals surface area contributed by atoms with E-state index in [-0.39, 0.29) is 23.8 Å². The normalized spacial score (nSPS) is 20.5. The van der Waals surface area contributed by atoms with Gasteiger partial charge in [-0.05, 0) is 25.0 Å². The SMILES string of the molecule is COc1ccc(S(=O)(=O)N2CCCC(N)C(=O)C2)cc1OC. The lowest BCUT2D eigenvalue weighted by atomic mass is 10.1. The predicted molar refractivity (Wildman–Crippen MR) is 80.5 cm³/mol. The number of Topliss-reactive ketones (excluding diaryl/α,β-unsaturated/α-hetero) is 1. The van der Waals surface area contributed by atoms with E-state index in [4.69, 9.17) is 15.2 Å². The van der Waals surface area contributed by atoms with Gasteiger partial charge in [0.2, 0.25) is 10.0 Å². The molecule has 1 unspecified atom stereocenters. The Kier molecular flexibility index (Phi) is 5.05. The van der Waals surface area contributed by atoms with Gasteiger partial charge in [0.1, 0.15) is 0 Å². The van der Waals surface area contributed by atoms with E-state index in [9.17, 15) is 13.2 Å². The van der Waals surface area contributed by atoms with Gasteiger partial charge in [0.25, 0.3) is 0 Å². The molecule has 0 spiro atoms. The quantitative estimate of drug-likeness (QED) is 0.858. The summed E-state index contributed by atoms with van der Waals surface area (Å²) in [4.78, 5) is 11.9. The number of methoxy groups -OCH3 is 2. The number of ether oxygens (including phenoxy) is 2. The Labute approximate surface area is 130 Å². The number of hydrogen-bond acceptors (Lipinski definition) is 6. The largest absolute Gasteiger partial charge is 0.493 e. The van der Waals surface area contributed by atoms with Gasteiger partial charge in [-0.2, -0.15) is 4.31 Å². The highest BCUT2D eigenvalue weighted by atomic mass is 32.2. The summed E-state index contributed by atoms with van der Waals surface area (Å²) >= 11 is 0. The number of nitrogens with two attached hydrogens (primary N) is 1. The van der Waals surface area contributed by atoms with Crippen LogP contribution in [0.4, 0.5) is 0 Å². The first-order chi connectivity index (χ1) is 10.4. The van der Waals surface area contributed by atoms with E-state index in [1.54, 1.807) is 0 Å². The number of sulfonamides is 1. The van der Waals surface area contributed by atoms with E-state index in [0.29, 0.717) is 24.3 Å². The maximum absolute atomic E-state index is 12.7. The van der Waals surface area contributed by atoms with E-state index in [1.807, 2.05) is 0 Å². The molecule has 0 amide bonds. The van der Waals surface area contributed by atoms with Crippen molar-refractivity contribution in [2.24, 2.45) is 5.73 Å². The Balaban J connectivity index is 2.35. The van der Waals surface area contributed by atoms with Crippen LogP contribution in [0.1, 0.15) is 12.8 Å². The van der Waals surface area contributed by atoms with Crippen LogP contribution >= 0.6 is 0 Å². The monoisotopic (exact) mass is 328 g/mol. The van der Waals surface area contributed by atoms with Crippen LogP contribution in [0.3, 0.4) is 0 Å². The first-order valence-electron chi connectivity index (χ1n) is 6.90. The smallest absolute Gasteiger partial charge is 0.243 e. The Morgan fingerprint density at radius 1 is 1.23 bits per heavy atom. The van der Waals surface area contributed by atoms with Crippen LogP contribution in [0.25, 0.3) is 0 Å². The lowest BCUT2D eigenvalue weighted by Gasteiger charge is -2.20. The second-order valence-electron chi connectivity index (χ2n) is 5.07. The van der Waals surface area contributed by atoms with Crippen molar-refractivity contribution in [2.45, 2.75) is 23.8 Å².